The van der Waals surface area contributed by atoms with Crippen molar-refractivity contribution in [2.24, 2.45) is 0 Å². The third-order valence-corrected chi connectivity index (χ3v) is 4.30. The van der Waals surface area contributed by atoms with Crippen LogP contribution in [-0.4, -0.2) is 47.5 Å². The predicted octanol–water partition coefficient (Wildman–Crippen LogP) is 2.02. The zero-order valence-electron chi connectivity index (χ0n) is 9.82. The minimum absolute atomic E-state index is 0.523. The lowest BCUT2D eigenvalue weighted by molar-refractivity contribution is 0.0999. The van der Waals surface area contributed by atoms with Crippen molar-refractivity contribution in [3.05, 3.63) is 16.1 Å². The van der Waals surface area contributed by atoms with Gasteiger partial charge in [0.15, 0.2) is 0 Å². The first-order valence-electron chi connectivity index (χ1n) is 5.61. The van der Waals surface area contributed by atoms with Crippen LogP contribution in [0.4, 0.5) is 0 Å². The van der Waals surface area contributed by atoms with Gasteiger partial charge in [-0.25, -0.2) is 4.98 Å². The van der Waals surface area contributed by atoms with Crippen molar-refractivity contribution in [1.29, 1.82) is 0 Å². The van der Waals surface area contributed by atoms with Gasteiger partial charge in [0.05, 0.1) is 18.1 Å². The third-order valence-electron chi connectivity index (χ3n) is 3.14. The number of rotatable bonds is 3. The van der Waals surface area contributed by atoms with E-state index in [1.807, 2.05) is 0 Å². The molecule has 3 nitrogen and oxygen atoms in total. The van der Waals surface area contributed by atoms with Crippen molar-refractivity contribution >= 4 is 22.9 Å². The molecule has 1 aromatic heterocycles. The SMILES string of the molecule is CC1CN(Cc2nc(CCl)cs2)CCN1C. The van der Waals surface area contributed by atoms with Crippen LogP contribution < -0.4 is 0 Å². The molecule has 5 heteroatoms. The molecule has 2 rings (SSSR count). The Bertz CT molecular complexity index is 342. The maximum atomic E-state index is 5.75. The largest absolute Gasteiger partial charge is 0.301 e. The summed E-state index contributed by atoms with van der Waals surface area (Å²) in [6.45, 7) is 6.66. The molecule has 0 bridgehead atoms. The molecule has 2 heterocycles. The van der Waals surface area contributed by atoms with Gasteiger partial charge in [0.25, 0.3) is 0 Å². The second-order valence-electron chi connectivity index (χ2n) is 4.43. The second kappa shape index (κ2) is 5.45. The van der Waals surface area contributed by atoms with E-state index < -0.39 is 0 Å². The lowest BCUT2D eigenvalue weighted by atomic mass is 10.2. The van der Waals surface area contributed by atoms with Crippen LogP contribution in [0.25, 0.3) is 0 Å². The van der Waals surface area contributed by atoms with E-state index in [9.17, 15) is 0 Å². The molecule has 1 aromatic rings. The highest BCUT2D eigenvalue weighted by molar-refractivity contribution is 7.09. The molecule has 0 radical (unpaired) electrons. The van der Waals surface area contributed by atoms with Gasteiger partial charge in [0, 0.05) is 31.1 Å². The number of thiazole rings is 1. The Morgan fingerprint density at radius 1 is 1.56 bits per heavy atom. The van der Waals surface area contributed by atoms with Gasteiger partial charge in [0.2, 0.25) is 0 Å². The van der Waals surface area contributed by atoms with E-state index in [0.29, 0.717) is 11.9 Å². The first-order valence-corrected chi connectivity index (χ1v) is 7.02. The Balaban J connectivity index is 1.90. The number of hydrogen-bond acceptors (Lipinski definition) is 4. The fourth-order valence-electron chi connectivity index (χ4n) is 1.94. The van der Waals surface area contributed by atoms with Gasteiger partial charge < -0.3 is 4.90 Å². The van der Waals surface area contributed by atoms with E-state index in [1.165, 1.54) is 5.01 Å². The van der Waals surface area contributed by atoms with Crippen LogP contribution >= 0.6 is 22.9 Å². The molecule has 0 aliphatic carbocycles. The first-order chi connectivity index (χ1) is 7.69. The topological polar surface area (TPSA) is 19.4 Å². The van der Waals surface area contributed by atoms with E-state index in [4.69, 9.17) is 11.6 Å². The van der Waals surface area contributed by atoms with Gasteiger partial charge in [-0.1, -0.05) is 0 Å². The van der Waals surface area contributed by atoms with Gasteiger partial charge in [0.1, 0.15) is 5.01 Å². The van der Waals surface area contributed by atoms with E-state index in [-0.39, 0.29) is 0 Å². The summed E-state index contributed by atoms with van der Waals surface area (Å²) in [4.78, 5) is 9.38. The smallest absolute Gasteiger partial charge is 0.107 e. The Morgan fingerprint density at radius 3 is 3.00 bits per heavy atom. The number of nitrogens with zero attached hydrogens (tertiary/aromatic N) is 3. The van der Waals surface area contributed by atoms with E-state index >= 15 is 0 Å². The first kappa shape index (κ1) is 12.3. The van der Waals surface area contributed by atoms with Crippen LogP contribution in [0.1, 0.15) is 17.6 Å². The molecule has 16 heavy (non-hydrogen) atoms. The minimum Gasteiger partial charge on any atom is -0.301 e. The maximum Gasteiger partial charge on any atom is 0.107 e. The maximum absolute atomic E-state index is 5.75. The van der Waals surface area contributed by atoms with Crippen LogP contribution in [0.5, 0.6) is 0 Å². The van der Waals surface area contributed by atoms with E-state index in [1.54, 1.807) is 11.3 Å². The van der Waals surface area contributed by atoms with E-state index in [2.05, 4.69) is 34.1 Å². The highest BCUT2D eigenvalue weighted by Gasteiger charge is 2.21. The fraction of sp³-hybridized carbons (Fsp3) is 0.727. The lowest BCUT2D eigenvalue weighted by Gasteiger charge is -2.37. The molecule has 1 atom stereocenters. The predicted molar refractivity (Wildman–Crippen MR) is 69.0 cm³/mol. The molecule has 0 saturated carbocycles. The van der Waals surface area contributed by atoms with Crippen molar-refractivity contribution in [2.45, 2.75) is 25.4 Å². The van der Waals surface area contributed by atoms with Gasteiger partial charge >= 0.3 is 0 Å². The zero-order chi connectivity index (χ0) is 11.5. The molecule has 1 saturated heterocycles. The molecule has 90 valence electrons. The van der Waals surface area contributed by atoms with Crippen LogP contribution in [0.2, 0.25) is 0 Å². The number of piperazine rings is 1. The standard InChI is InChI=1S/C11H18ClN3S/c1-9-6-15(4-3-14(9)2)7-11-13-10(5-12)8-16-11/h8-9H,3-7H2,1-2H3. The molecule has 1 aliphatic heterocycles. The number of halogens is 1. The molecule has 0 spiro atoms. The van der Waals surface area contributed by atoms with E-state index in [0.717, 1.165) is 31.9 Å². The highest BCUT2D eigenvalue weighted by atomic mass is 35.5. The summed E-state index contributed by atoms with van der Waals surface area (Å²) in [5, 5.41) is 3.24. The Kier molecular flexibility index (Phi) is 4.19. The average molecular weight is 260 g/mol. The minimum atomic E-state index is 0.523. The van der Waals surface area contributed by atoms with Crippen molar-refractivity contribution in [3.63, 3.8) is 0 Å². The Hall–Kier alpha value is -0.160. The number of aromatic nitrogens is 1. The molecular formula is C11H18ClN3S. The molecule has 0 aromatic carbocycles. The normalized spacial score (nSPS) is 23.8. The summed E-state index contributed by atoms with van der Waals surface area (Å²) in [7, 11) is 2.19. The average Bonchev–Trinajstić information content (AvgIpc) is 2.71. The molecule has 1 fully saturated rings. The van der Waals surface area contributed by atoms with Crippen LogP contribution in [0.15, 0.2) is 5.38 Å². The number of hydrogen-bond donors (Lipinski definition) is 0. The van der Waals surface area contributed by atoms with Crippen LogP contribution in [-0.2, 0) is 12.4 Å². The quantitative estimate of drug-likeness (QED) is 0.775. The van der Waals surface area contributed by atoms with Gasteiger partial charge in [-0.3, -0.25) is 4.90 Å². The Morgan fingerprint density at radius 2 is 2.38 bits per heavy atom. The molecule has 0 N–H and O–H groups in total. The second-order valence-corrected chi connectivity index (χ2v) is 5.64. The van der Waals surface area contributed by atoms with Crippen LogP contribution in [0, 0.1) is 0 Å². The summed E-state index contributed by atoms with van der Waals surface area (Å²) in [5.74, 6) is 0.523. The van der Waals surface area contributed by atoms with Crippen molar-refractivity contribution in [3.8, 4) is 0 Å². The summed E-state index contributed by atoms with van der Waals surface area (Å²) in [5.41, 5.74) is 1.00. The van der Waals surface area contributed by atoms with Crippen molar-refractivity contribution < 1.29 is 0 Å². The highest BCUT2D eigenvalue weighted by Crippen LogP contribution is 2.16. The lowest BCUT2D eigenvalue weighted by Crippen LogP contribution is -2.49. The third kappa shape index (κ3) is 2.94. The van der Waals surface area contributed by atoms with Gasteiger partial charge in [-0.05, 0) is 14.0 Å². The molecule has 1 aliphatic rings. The summed E-state index contributed by atoms with van der Waals surface area (Å²) in [6.07, 6.45) is 0. The van der Waals surface area contributed by atoms with Gasteiger partial charge in [-0.15, -0.1) is 22.9 Å². The Labute approximate surface area is 106 Å². The van der Waals surface area contributed by atoms with Crippen molar-refractivity contribution in [1.82, 2.24) is 14.8 Å². The summed E-state index contributed by atoms with van der Waals surface area (Å²) in [6, 6.07) is 0.640. The molecule has 0 amide bonds. The van der Waals surface area contributed by atoms with Gasteiger partial charge in [-0.2, -0.15) is 0 Å². The number of alkyl halides is 1. The summed E-state index contributed by atoms with van der Waals surface area (Å²) >= 11 is 7.47. The van der Waals surface area contributed by atoms with Crippen molar-refractivity contribution in [2.75, 3.05) is 26.7 Å². The fourth-order valence-corrected chi connectivity index (χ4v) is 3.01. The number of likely N-dealkylation sites (N-methyl/N-ethyl adjacent to an activating group) is 1. The van der Waals surface area contributed by atoms with Crippen LogP contribution in [0.3, 0.4) is 0 Å². The monoisotopic (exact) mass is 259 g/mol. The molecular weight excluding hydrogens is 242 g/mol. The zero-order valence-corrected chi connectivity index (χ0v) is 11.4. The molecule has 1 unspecified atom stereocenters. The summed E-state index contributed by atoms with van der Waals surface area (Å²) < 4.78 is 0.